The average Bonchev–Trinajstić information content (AvgIpc) is 3.22. The number of hydrogen-bond acceptors (Lipinski definition) is 4. The SMILES string of the molecule is CC[C@@H](OC[C@H](O)CN1CCC[C@H]1Cc1ccc(C)c(F)c1)c1cccc(Cl)c1CCC(=O)O. The molecule has 1 fully saturated rings. The van der Waals surface area contributed by atoms with E-state index in [1.54, 1.807) is 19.1 Å². The lowest BCUT2D eigenvalue weighted by Crippen LogP contribution is -2.39. The van der Waals surface area contributed by atoms with E-state index in [1.165, 1.54) is 0 Å². The topological polar surface area (TPSA) is 70.0 Å². The van der Waals surface area contributed by atoms with Gasteiger partial charge in [-0.25, -0.2) is 4.39 Å². The predicted molar refractivity (Wildman–Crippen MR) is 132 cm³/mol. The van der Waals surface area contributed by atoms with Crippen molar-refractivity contribution in [3.05, 3.63) is 69.5 Å². The fourth-order valence-corrected chi connectivity index (χ4v) is 5.03. The Morgan fingerprint density at radius 1 is 1.32 bits per heavy atom. The molecule has 1 saturated heterocycles. The summed E-state index contributed by atoms with van der Waals surface area (Å²) in [5.74, 6) is -1.05. The Kier molecular flexibility index (Phi) is 9.89. The number of carboxylic acids is 1. The van der Waals surface area contributed by atoms with Gasteiger partial charge >= 0.3 is 5.97 Å². The summed E-state index contributed by atoms with van der Waals surface area (Å²) in [5.41, 5.74) is 3.30. The highest BCUT2D eigenvalue weighted by molar-refractivity contribution is 6.31. The van der Waals surface area contributed by atoms with Crippen LogP contribution >= 0.6 is 11.6 Å². The van der Waals surface area contributed by atoms with Gasteiger partial charge in [0.25, 0.3) is 0 Å². The molecule has 34 heavy (non-hydrogen) atoms. The van der Waals surface area contributed by atoms with Gasteiger partial charge in [-0.2, -0.15) is 0 Å². The lowest BCUT2D eigenvalue weighted by atomic mass is 9.97. The minimum absolute atomic E-state index is 0.00295. The van der Waals surface area contributed by atoms with Crippen molar-refractivity contribution in [2.45, 2.75) is 70.6 Å². The fourth-order valence-electron chi connectivity index (χ4n) is 4.75. The third-order valence-corrected chi connectivity index (χ3v) is 6.96. The second-order valence-corrected chi connectivity index (χ2v) is 9.57. The summed E-state index contributed by atoms with van der Waals surface area (Å²) in [6.45, 7) is 5.33. The number of carbonyl (C=O) groups is 1. The van der Waals surface area contributed by atoms with Gasteiger partial charge in [0, 0.05) is 24.0 Å². The summed E-state index contributed by atoms with van der Waals surface area (Å²) in [4.78, 5) is 13.3. The molecule has 5 nitrogen and oxygen atoms in total. The van der Waals surface area contributed by atoms with E-state index in [0.717, 1.165) is 42.5 Å². The highest BCUT2D eigenvalue weighted by Gasteiger charge is 2.27. The Morgan fingerprint density at radius 3 is 2.82 bits per heavy atom. The van der Waals surface area contributed by atoms with E-state index in [1.807, 2.05) is 31.2 Å². The molecule has 0 bridgehead atoms. The van der Waals surface area contributed by atoms with Crippen LogP contribution in [-0.2, 0) is 22.4 Å². The van der Waals surface area contributed by atoms with Crippen LogP contribution in [0.15, 0.2) is 36.4 Å². The van der Waals surface area contributed by atoms with Crippen LogP contribution < -0.4 is 0 Å². The maximum Gasteiger partial charge on any atom is 0.303 e. The molecule has 0 amide bonds. The summed E-state index contributed by atoms with van der Waals surface area (Å²) in [5, 5.41) is 20.3. The molecule has 186 valence electrons. The maximum atomic E-state index is 13.9. The number of benzene rings is 2. The minimum atomic E-state index is -0.871. The summed E-state index contributed by atoms with van der Waals surface area (Å²) < 4.78 is 20.0. The molecule has 3 atom stereocenters. The van der Waals surface area contributed by atoms with Gasteiger partial charge in [0.15, 0.2) is 0 Å². The van der Waals surface area contributed by atoms with E-state index < -0.39 is 12.1 Å². The summed E-state index contributed by atoms with van der Waals surface area (Å²) >= 11 is 6.36. The first-order valence-electron chi connectivity index (χ1n) is 12.1. The van der Waals surface area contributed by atoms with Gasteiger partial charge < -0.3 is 14.9 Å². The molecule has 2 N–H and O–H groups in total. The van der Waals surface area contributed by atoms with Crippen LogP contribution in [0.4, 0.5) is 4.39 Å². The standard InChI is InChI=1S/C27H35ClFNO4/c1-3-26(23-7-4-8-24(28)22(23)11-12-27(32)33)34-17-21(31)16-30-13-5-6-20(30)14-19-10-9-18(2)25(29)15-19/h4,7-10,15,20-21,26,31H,3,5-6,11-14,16-17H2,1-2H3,(H,32,33)/t20-,21+,26+/m0/s1. The normalized spacial score (nSPS) is 18.2. The van der Waals surface area contributed by atoms with Gasteiger partial charge in [0.1, 0.15) is 5.82 Å². The van der Waals surface area contributed by atoms with Crippen molar-refractivity contribution in [3.63, 3.8) is 0 Å². The highest BCUT2D eigenvalue weighted by Crippen LogP contribution is 2.31. The van der Waals surface area contributed by atoms with Gasteiger partial charge in [-0.3, -0.25) is 9.69 Å². The summed E-state index contributed by atoms with van der Waals surface area (Å²) in [7, 11) is 0. The highest BCUT2D eigenvalue weighted by atomic mass is 35.5. The molecule has 0 unspecified atom stereocenters. The van der Waals surface area contributed by atoms with Crippen molar-refractivity contribution in [3.8, 4) is 0 Å². The monoisotopic (exact) mass is 491 g/mol. The van der Waals surface area contributed by atoms with E-state index in [-0.39, 0.29) is 31.0 Å². The Balaban J connectivity index is 1.58. The third-order valence-electron chi connectivity index (χ3n) is 6.60. The van der Waals surface area contributed by atoms with Crippen LogP contribution in [0.2, 0.25) is 5.02 Å². The maximum absolute atomic E-state index is 13.9. The first-order chi connectivity index (χ1) is 16.3. The Morgan fingerprint density at radius 2 is 2.12 bits per heavy atom. The number of aliphatic carboxylic acids is 1. The van der Waals surface area contributed by atoms with Gasteiger partial charge in [-0.1, -0.05) is 42.8 Å². The molecular weight excluding hydrogens is 457 g/mol. The molecule has 3 rings (SSSR count). The van der Waals surface area contributed by atoms with E-state index in [9.17, 15) is 14.3 Å². The number of likely N-dealkylation sites (tertiary alicyclic amines) is 1. The number of nitrogens with zero attached hydrogens (tertiary/aromatic N) is 1. The van der Waals surface area contributed by atoms with Crippen molar-refractivity contribution < 1.29 is 24.1 Å². The number of ether oxygens (including phenoxy) is 1. The van der Waals surface area contributed by atoms with E-state index in [2.05, 4.69) is 4.90 Å². The Hall–Kier alpha value is -1.99. The van der Waals surface area contributed by atoms with Crippen LogP contribution in [-0.4, -0.2) is 52.9 Å². The van der Waals surface area contributed by atoms with Crippen molar-refractivity contribution in [1.29, 1.82) is 0 Å². The Bertz CT molecular complexity index is 970. The molecule has 0 aliphatic carbocycles. The van der Waals surface area contributed by atoms with Crippen molar-refractivity contribution in [1.82, 2.24) is 4.90 Å². The van der Waals surface area contributed by atoms with Gasteiger partial charge in [0.05, 0.1) is 18.8 Å². The number of hydrogen-bond donors (Lipinski definition) is 2. The number of aliphatic hydroxyl groups is 1. The predicted octanol–water partition coefficient (Wildman–Crippen LogP) is 5.34. The Labute approximate surface area is 206 Å². The molecule has 2 aromatic rings. The quantitative estimate of drug-likeness (QED) is 0.419. The van der Waals surface area contributed by atoms with Crippen molar-refractivity contribution >= 4 is 17.6 Å². The first kappa shape index (κ1) is 26.6. The number of β-amino-alcohol motifs (C(OH)–C–C–N with tert-alkyl or cyclic N) is 1. The smallest absolute Gasteiger partial charge is 0.303 e. The van der Waals surface area contributed by atoms with E-state index >= 15 is 0 Å². The van der Waals surface area contributed by atoms with E-state index in [4.69, 9.17) is 21.4 Å². The number of rotatable bonds is 12. The zero-order valence-electron chi connectivity index (χ0n) is 20.0. The lowest BCUT2D eigenvalue weighted by Gasteiger charge is -2.28. The van der Waals surface area contributed by atoms with Crippen LogP contribution in [0.5, 0.6) is 0 Å². The molecule has 7 heteroatoms. The summed E-state index contributed by atoms with van der Waals surface area (Å²) in [6.07, 6.45) is 2.92. The number of carboxylic acid groups (broad SMARTS) is 1. The largest absolute Gasteiger partial charge is 0.481 e. The van der Waals surface area contributed by atoms with Gasteiger partial charge in [-0.15, -0.1) is 0 Å². The molecular formula is C27H35ClFNO4. The van der Waals surface area contributed by atoms with Crippen LogP contribution in [0, 0.1) is 12.7 Å². The van der Waals surface area contributed by atoms with Crippen LogP contribution in [0.25, 0.3) is 0 Å². The van der Waals surface area contributed by atoms with Gasteiger partial charge in [0.2, 0.25) is 0 Å². The number of aryl methyl sites for hydroxylation is 1. The molecule has 0 radical (unpaired) electrons. The minimum Gasteiger partial charge on any atom is -0.481 e. The molecule has 1 heterocycles. The van der Waals surface area contributed by atoms with Crippen LogP contribution in [0.1, 0.15) is 61.0 Å². The second kappa shape index (κ2) is 12.6. The van der Waals surface area contributed by atoms with E-state index in [0.29, 0.717) is 30.0 Å². The molecule has 2 aromatic carbocycles. The van der Waals surface area contributed by atoms with Crippen molar-refractivity contribution in [2.24, 2.45) is 0 Å². The summed E-state index contributed by atoms with van der Waals surface area (Å²) in [6, 6.07) is 11.2. The first-order valence-corrected chi connectivity index (χ1v) is 12.4. The molecule has 0 saturated carbocycles. The number of halogens is 2. The molecule has 1 aliphatic heterocycles. The fraction of sp³-hybridized carbons (Fsp3) is 0.519. The molecule has 0 spiro atoms. The lowest BCUT2D eigenvalue weighted by molar-refractivity contribution is -0.136. The second-order valence-electron chi connectivity index (χ2n) is 9.16. The third kappa shape index (κ3) is 7.25. The zero-order chi connectivity index (χ0) is 24.7. The van der Waals surface area contributed by atoms with Crippen molar-refractivity contribution in [2.75, 3.05) is 19.7 Å². The molecule has 1 aliphatic rings. The van der Waals surface area contributed by atoms with Crippen LogP contribution in [0.3, 0.4) is 0 Å². The average molecular weight is 492 g/mol. The zero-order valence-corrected chi connectivity index (χ0v) is 20.7. The number of aliphatic hydroxyl groups excluding tert-OH is 1. The molecule has 0 aromatic heterocycles. The van der Waals surface area contributed by atoms with Gasteiger partial charge in [-0.05, 0) is 80.0 Å².